The van der Waals surface area contributed by atoms with Crippen molar-refractivity contribution in [1.82, 2.24) is 4.57 Å². The largest absolute Gasteiger partial charge is 0.256 e. The minimum Gasteiger partial charge on any atom is -0.234 e. The molecular formula is C54H107N2+. The van der Waals surface area contributed by atoms with E-state index < -0.39 is 0 Å². The number of unbranched alkanes of at least 4 members (excludes halogenated alkanes) is 42. The van der Waals surface area contributed by atoms with Gasteiger partial charge in [-0.3, -0.25) is 0 Å². The summed E-state index contributed by atoms with van der Waals surface area (Å²) in [6, 6.07) is 0. The zero-order valence-corrected chi connectivity index (χ0v) is 39.5. The molecule has 0 saturated carbocycles. The lowest BCUT2D eigenvalue weighted by molar-refractivity contribution is -0.704. The van der Waals surface area contributed by atoms with Gasteiger partial charge < -0.3 is 0 Å². The highest BCUT2D eigenvalue weighted by Crippen LogP contribution is 2.17. The van der Waals surface area contributed by atoms with Gasteiger partial charge >= 0.3 is 0 Å². The van der Waals surface area contributed by atoms with E-state index in [9.17, 15) is 0 Å². The molecule has 0 spiro atoms. The van der Waals surface area contributed by atoms with Crippen molar-refractivity contribution in [3.63, 3.8) is 0 Å². The van der Waals surface area contributed by atoms with Crippen LogP contribution in [0.3, 0.4) is 0 Å². The molecule has 0 fully saturated rings. The molecule has 0 saturated heterocycles. The number of imidazole rings is 1. The first kappa shape index (κ1) is 53.2. The highest BCUT2D eigenvalue weighted by Gasteiger charge is 2.16. The average Bonchev–Trinajstić information content (AvgIpc) is 3.59. The Morgan fingerprint density at radius 3 is 0.857 bits per heavy atom. The van der Waals surface area contributed by atoms with Crippen LogP contribution in [0.1, 0.15) is 316 Å². The molecule has 0 aliphatic rings. The standard InChI is InChI=1S/C54H107N2/c1-4-7-10-13-16-19-22-25-27-29-31-33-36-39-42-45-48-51-56-53-52-55(50-47-44-41-38-35-24-21-18-15-12-9-6-3)54(56)49-46-43-40-37-34-32-30-28-26-23-20-17-14-11-8-5-2/h52-53H,4-51H2,1-3H3/q+1. The molecule has 0 radical (unpaired) electrons. The summed E-state index contributed by atoms with van der Waals surface area (Å²) in [5.41, 5.74) is 0. The topological polar surface area (TPSA) is 8.81 Å². The van der Waals surface area contributed by atoms with Gasteiger partial charge in [0.15, 0.2) is 0 Å². The Balaban J connectivity index is 2.24. The maximum Gasteiger partial charge on any atom is 0.256 e. The van der Waals surface area contributed by atoms with Crippen LogP contribution in [0.2, 0.25) is 0 Å². The van der Waals surface area contributed by atoms with Crippen LogP contribution >= 0.6 is 0 Å². The van der Waals surface area contributed by atoms with Crippen LogP contribution in [0.5, 0.6) is 0 Å². The predicted octanol–water partition coefficient (Wildman–Crippen LogP) is 18.9. The van der Waals surface area contributed by atoms with Crippen LogP contribution in [-0.2, 0) is 19.5 Å². The molecule has 56 heavy (non-hydrogen) atoms. The fourth-order valence-electron chi connectivity index (χ4n) is 9.15. The van der Waals surface area contributed by atoms with Crippen molar-refractivity contribution in [1.29, 1.82) is 0 Å². The van der Waals surface area contributed by atoms with E-state index in [4.69, 9.17) is 0 Å². The van der Waals surface area contributed by atoms with E-state index in [1.54, 1.807) is 5.82 Å². The van der Waals surface area contributed by atoms with Gasteiger partial charge in [0.1, 0.15) is 12.4 Å². The van der Waals surface area contributed by atoms with Gasteiger partial charge in [-0.2, -0.15) is 0 Å². The second-order valence-corrected chi connectivity index (χ2v) is 18.7. The van der Waals surface area contributed by atoms with Gasteiger partial charge in [-0.15, -0.1) is 0 Å². The first-order valence-electron chi connectivity index (χ1n) is 26.9. The van der Waals surface area contributed by atoms with Gasteiger partial charge in [-0.05, 0) is 32.1 Å². The van der Waals surface area contributed by atoms with Crippen molar-refractivity contribution in [3.05, 3.63) is 18.2 Å². The van der Waals surface area contributed by atoms with Crippen LogP contribution in [-0.4, -0.2) is 4.57 Å². The van der Waals surface area contributed by atoms with Gasteiger partial charge in [-0.1, -0.05) is 278 Å². The van der Waals surface area contributed by atoms with Gasteiger partial charge in [0.2, 0.25) is 0 Å². The summed E-state index contributed by atoms with van der Waals surface area (Å²) in [7, 11) is 0. The predicted molar refractivity (Wildman–Crippen MR) is 253 cm³/mol. The Morgan fingerprint density at radius 2 is 0.554 bits per heavy atom. The smallest absolute Gasteiger partial charge is 0.234 e. The highest BCUT2D eigenvalue weighted by molar-refractivity contribution is 4.84. The molecule has 2 nitrogen and oxygen atoms in total. The average molecular weight is 784 g/mol. The van der Waals surface area contributed by atoms with E-state index in [2.05, 4.69) is 42.3 Å². The molecule has 1 aromatic heterocycles. The summed E-state index contributed by atoms with van der Waals surface area (Å²) >= 11 is 0. The van der Waals surface area contributed by atoms with Gasteiger partial charge in [-0.25, -0.2) is 9.13 Å². The maximum absolute atomic E-state index is 2.66. The molecule has 1 rings (SSSR count). The zero-order chi connectivity index (χ0) is 40.1. The summed E-state index contributed by atoms with van der Waals surface area (Å²) < 4.78 is 5.33. The Kier molecular flexibility index (Phi) is 43.1. The van der Waals surface area contributed by atoms with E-state index in [0.717, 1.165) is 0 Å². The molecule has 0 amide bonds. The van der Waals surface area contributed by atoms with Gasteiger partial charge in [0.25, 0.3) is 5.82 Å². The fourth-order valence-corrected chi connectivity index (χ4v) is 9.15. The van der Waals surface area contributed by atoms with Crippen molar-refractivity contribution in [3.8, 4) is 0 Å². The van der Waals surface area contributed by atoms with E-state index in [1.807, 2.05) is 0 Å². The number of hydrogen-bond donors (Lipinski definition) is 0. The van der Waals surface area contributed by atoms with Crippen LogP contribution < -0.4 is 4.57 Å². The Morgan fingerprint density at radius 1 is 0.304 bits per heavy atom. The van der Waals surface area contributed by atoms with Crippen LogP contribution in [0, 0.1) is 0 Å². The second-order valence-electron chi connectivity index (χ2n) is 18.7. The molecular weight excluding hydrogens is 677 g/mol. The second kappa shape index (κ2) is 45.3. The molecule has 0 aromatic carbocycles. The van der Waals surface area contributed by atoms with Crippen molar-refractivity contribution >= 4 is 0 Å². The minimum absolute atomic E-state index is 1.23. The summed E-state index contributed by atoms with van der Waals surface area (Å²) in [5, 5.41) is 0. The number of aryl methyl sites for hydroxylation is 2. The van der Waals surface area contributed by atoms with E-state index in [-0.39, 0.29) is 0 Å². The zero-order valence-electron chi connectivity index (χ0n) is 39.5. The molecule has 1 aromatic rings. The Labute approximate surface area is 355 Å². The van der Waals surface area contributed by atoms with E-state index in [1.165, 1.54) is 308 Å². The molecule has 2 heteroatoms. The Hall–Kier alpha value is -0.790. The summed E-state index contributed by atoms with van der Waals surface area (Å²) in [6.45, 7) is 9.42. The van der Waals surface area contributed by atoms with Gasteiger partial charge in [0.05, 0.1) is 13.1 Å². The normalized spacial score (nSPS) is 11.7. The monoisotopic (exact) mass is 784 g/mol. The number of hydrogen-bond acceptors (Lipinski definition) is 0. The molecule has 0 atom stereocenters. The lowest BCUT2D eigenvalue weighted by atomic mass is 10.0. The van der Waals surface area contributed by atoms with Crippen LogP contribution in [0.15, 0.2) is 12.4 Å². The summed E-state index contributed by atoms with van der Waals surface area (Å²) in [6.07, 6.45) is 71.3. The number of nitrogens with zero attached hydrogens (tertiary/aromatic N) is 2. The minimum atomic E-state index is 1.23. The fraction of sp³-hybridized carbons (Fsp3) is 0.944. The van der Waals surface area contributed by atoms with Crippen LogP contribution in [0.4, 0.5) is 0 Å². The molecule has 332 valence electrons. The quantitative estimate of drug-likeness (QED) is 0.0460. The third kappa shape index (κ3) is 36.3. The molecule has 0 N–H and O–H groups in total. The van der Waals surface area contributed by atoms with Gasteiger partial charge in [0, 0.05) is 6.42 Å². The molecule has 0 bridgehead atoms. The number of rotatable bonds is 48. The summed E-state index contributed by atoms with van der Waals surface area (Å²) in [4.78, 5) is 0. The lowest BCUT2D eigenvalue weighted by Crippen LogP contribution is -2.37. The maximum atomic E-state index is 2.66. The third-order valence-electron chi connectivity index (χ3n) is 13.1. The van der Waals surface area contributed by atoms with Crippen molar-refractivity contribution < 1.29 is 4.57 Å². The Bertz CT molecular complexity index is 857. The SMILES string of the molecule is CCCCCCCCCCCCCCCCCCCn1cc[n+](CCCCCCCCCCCCCC)c1CCCCCCCCCCCCCCCCCC. The lowest BCUT2D eigenvalue weighted by Gasteiger charge is -2.07. The molecule has 0 unspecified atom stereocenters. The summed E-state index contributed by atoms with van der Waals surface area (Å²) in [5.74, 6) is 1.63. The van der Waals surface area contributed by atoms with Crippen molar-refractivity contribution in [2.75, 3.05) is 0 Å². The van der Waals surface area contributed by atoms with Crippen LogP contribution in [0.25, 0.3) is 0 Å². The first-order chi connectivity index (χ1) is 27.8. The molecule has 0 aliphatic heterocycles. The molecule has 0 aliphatic carbocycles. The molecule has 1 heterocycles. The van der Waals surface area contributed by atoms with E-state index in [0.29, 0.717) is 0 Å². The highest BCUT2D eigenvalue weighted by atomic mass is 15.1. The van der Waals surface area contributed by atoms with E-state index >= 15 is 0 Å². The first-order valence-corrected chi connectivity index (χ1v) is 26.9. The van der Waals surface area contributed by atoms with Crippen molar-refractivity contribution in [2.45, 2.75) is 329 Å². The van der Waals surface area contributed by atoms with Crippen molar-refractivity contribution in [2.24, 2.45) is 0 Å². The number of aromatic nitrogens is 2. The third-order valence-corrected chi connectivity index (χ3v) is 13.1.